The molecule has 1 saturated carbocycles. The van der Waals surface area contributed by atoms with Crippen LogP contribution in [-0.4, -0.2) is 23.5 Å². The standard InChI is InChI=1S/C13H19N3O2/c1-8-5-6-10(12(17)15-8)13(18)16-11-4-2-3-9(11)7-14/h5-6,9,11H,2-4,7,14H2,1H3,(H,15,17)(H,16,18). The summed E-state index contributed by atoms with van der Waals surface area (Å²) in [4.78, 5) is 26.3. The van der Waals surface area contributed by atoms with E-state index in [0.29, 0.717) is 12.5 Å². The van der Waals surface area contributed by atoms with Crippen LogP contribution in [0.2, 0.25) is 0 Å². The molecular formula is C13H19N3O2. The molecule has 1 aromatic rings. The molecule has 1 fully saturated rings. The lowest BCUT2D eigenvalue weighted by molar-refractivity contribution is 0.0927. The van der Waals surface area contributed by atoms with E-state index in [2.05, 4.69) is 10.3 Å². The molecule has 5 nitrogen and oxygen atoms in total. The lowest BCUT2D eigenvalue weighted by Gasteiger charge is -2.19. The largest absolute Gasteiger partial charge is 0.349 e. The van der Waals surface area contributed by atoms with Gasteiger partial charge in [-0.2, -0.15) is 0 Å². The van der Waals surface area contributed by atoms with Crippen LogP contribution in [0.1, 0.15) is 35.3 Å². The van der Waals surface area contributed by atoms with Crippen molar-refractivity contribution in [3.63, 3.8) is 0 Å². The number of carbonyl (C=O) groups excluding carboxylic acids is 1. The molecule has 1 heterocycles. The minimum absolute atomic E-state index is 0.100. The third-order valence-electron chi connectivity index (χ3n) is 3.58. The highest BCUT2D eigenvalue weighted by atomic mass is 16.2. The summed E-state index contributed by atoms with van der Waals surface area (Å²) in [5, 5.41) is 2.92. The SMILES string of the molecule is Cc1ccc(C(=O)NC2CCCC2CN)c(=O)[nH]1. The van der Waals surface area contributed by atoms with E-state index in [-0.39, 0.29) is 23.1 Å². The number of H-pyrrole nitrogens is 1. The van der Waals surface area contributed by atoms with Gasteiger partial charge < -0.3 is 16.0 Å². The summed E-state index contributed by atoms with van der Waals surface area (Å²) in [6.07, 6.45) is 3.07. The predicted molar refractivity (Wildman–Crippen MR) is 69.4 cm³/mol. The van der Waals surface area contributed by atoms with Crippen molar-refractivity contribution >= 4 is 5.91 Å². The molecule has 98 valence electrons. The number of pyridine rings is 1. The first kappa shape index (κ1) is 12.8. The van der Waals surface area contributed by atoms with E-state index < -0.39 is 0 Å². The van der Waals surface area contributed by atoms with E-state index in [4.69, 9.17) is 5.73 Å². The lowest BCUT2D eigenvalue weighted by Crippen LogP contribution is -2.41. The smallest absolute Gasteiger partial charge is 0.260 e. The number of hydrogen-bond donors (Lipinski definition) is 3. The van der Waals surface area contributed by atoms with Gasteiger partial charge in [0.15, 0.2) is 0 Å². The van der Waals surface area contributed by atoms with Crippen LogP contribution in [0.4, 0.5) is 0 Å². The zero-order valence-corrected chi connectivity index (χ0v) is 10.5. The average molecular weight is 249 g/mol. The maximum atomic E-state index is 12.0. The van der Waals surface area contributed by atoms with Gasteiger partial charge in [-0.15, -0.1) is 0 Å². The highest BCUT2D eigenvalue weighted by molar-refractivity contribution is 5.94. The molecule has 2 unspecified atom stereocenters. The number of hydrogen-bond acceptors (Lipinski definition) is 3. The van der Waals surface area contributed by atoms with Crippen molar-refractivity contribution < 1.29 is 4.79 Å². The van der Waals surface area contributed by atoms with Crippen LogP contribution in [0, 0.1) is 12.8 Å². The van der Waals surface area contributed by atoms with Gasteiger partial charge in [-0.3, -0.25) is 9.59 Å². The molecule has 0 spiro atoms. The molecule has 5 heteroatoms. The number of aromatic nitrogens is 1. The fourth-order valence-corrected chi connectivity index (χ4v) is 2.51. The van der Waals surface area contributed by atoms with Crippen molar-refractivity contribution in [2.45, 2.75) is 32.2 Å². The van der Waals surface area contributed by atoms with E-state index >= 15 is 0 Å². The number of aryl methyl sites for hydroxylation is 1. The second-order valence-electron chi connectivity index (χ2n) is 4.89. The molecule has 0 aromatic carbocycles. The summed E-state index contributed by atoms with van der Waals surface area (Å²) in [5.41, 5.74) is 6.25. The molecule has 1 aliphatic carbocycles. The molecular weight excluding hydrogens is 230 g/mol. The fourth-order valence-electron chi connectivity index (χ4n) is 2.51. The first-order valence-electron chi connectivity index (χ1n) is 6.32. The Kier molecular flexibility index (Phi) is 3.81. The Labute approximate surface area is 106 Å². The van der Waals surface area contributed by atoms with Crippen LogP contribution < -0.4 is 16.6 Å². The predicted octanol–water partition coefficient (Wildman–Crippen LogP) is 0.541. The van der Waals surface area contributed by atoms with E-state index in [1.807, 2.05) is 0 Å². The van der Waals surface area contributed by atoms with Crippen LogP contribution >= 0.6 is 0 Å². The molecule has 0 saturated heterocycles. The third kappa shape index (κ3) is 2.61. The van der Waals surface area contributed by atoms with Crippen LogP contribution in [0.3, 0.4) is 0 Å². The average Bonchev–Trinajstić information content (AvgIpc) is 2.76. The summed E-state index contributed by atoms with van der Waals surface area (Å²) >= 11 is 0. The van der Waals surface area contributed by atoms with Crippen molar-refractivity contribution in [2.24, 2.45) is 11.7 Å². The first-order chi connectivity index (χ1) is 8.61. The molecule has 1 aromatic heterocycles. The molecule has 2 atom stereocenters. The maximum Gasteiger partial charge on any atom is 0.260 e. The minimum atomic E-state index is -0.338. The zero-order chi connectivity index (χ0) is 13.1. The van der Waals surface area contributed by atoms with E-state index in [1.165, 1.54) is 0 Å². The Bertz CT molecular complexity index is 495. The van der Waals surface area contributed by atoms with Gasteiger partial charge >= 0.3 is 0 Å². The quantitative estimate of drug-likeness (QED) is 0.730. The van der Waals surface area contributed by atoms with Gasteiger partial charge in [0.05, 0.1) is 0 Å². The summed E-state index contributed by atoms with van der Waals surface area (Å²) in [6.45, 7) is 2.36. The van der Waals surface area contributed by atoms with Crippen molar-refractivity contribution in [1.29, 1.82) is 0 Å². The molecule has 0 bridgehead atoms. The molecule has 1 aliphatic rings. The Balaban J connectivity index is 2.10. The Morgan fingerprint density at radius 2 is 2.28 bits per heavy atom. The monoisotopic (exact) mass is 249 g/mol. The van der Waals surface area contributed by atoms with Gasteiger partial charge in [0.25, 0.3) is 11.5 Å². The highest BCUT2D eigenvalue weighted by Crippen LogP contribution is 2.24. The summed E-state index contributed by atoms with van der Waals surface area (Å²) in [5.74, 6) is 0.0279. The van der Waals surface area contributed by atoms with E-state index in [0.717, 1.165) is 25.0 Å². The van der Waals surface area contributed by atoms with Gasteiger partial charge in [0.1, 0.15) is 5.56 Å². The number of nitrogens with one attached hydrogen (secondary N) is 2. The first-order valence-corrected chi connectivity index (χ1v) is 6.32. The zero-order valence-electron chi connectivity index (χ0n) is 10.5. The lowest BCUT2D eigenvalue weighted by atomic mass is 10.0. The fraction of sp³-hybridized carbons (Fsp3) is 0.538. The second kappa shape index (κ2) is 5.35. The number of carbonyl (C=O) groups is 1. The van der Waals surface area contributed by atoms with Gasteiger partial charge in [0, 0.05) is 11.7 Å². The Hall–Kier alpha value is -1.62. The van der Waals surface area contributed by atoms with Gasteiger partial charge in [-0.25, -0.2) is 0 Å². The third-order valence-corrected chi connectivity index (χ3v) is 3.58. The van der Waals surface area contributed by atoms with E-state index in [1.54, 1.807) is 19.1 Å². The minimum Gasteiger partial charge on any atom is -0.349 e. The Morgan fingerprint density at radius 1 is 1.50 bits per heavy atom. The summed E-state index contributed by atoms with van der Waals surface area (Å²) < 4.78 is 0. The molecule has 0 aliphatic heterocycles. The number of nitrogens with two attached hydrogens (primary N) is 1. The van der Waals surface area contributed by atoms with Gasteiger partial charge in [-0.05, 0) is 44.4 Å². The number of aromatic amines is 1. The van der Waals surface area contributed by atoms with Crippen molar-refractivity contribution in [1.82, 2.24) is 10.3 Å². The van der Waals surface area contributed by atoms with Crippen molar-refractivity contribution in [3.05, 3.63) is 33.7 Å². The van der Waals surface area contributed by atoms with Crippen molar-refractivity contribution in [2.75, 3.05) is 6.54 Å². The van der Waals surface area contributed by atoms with Crippen LogP contribution in [0.5, 0.6) is 0 Å². The Morgan fingerprint density at radius 3 is 2.94 bits per heavy atom. The highest BCUT2D eigenvalue weighted by Gasteiger charge is 2.28. The molecule has 4 N–H and O–H groups in total. The molecule has 0 radical (unpaired) electrons. The van der Waals surface area contributed by atoms with Crippen molar-refractivity contribution in [3.8, 4) is 0 Å². The molecule has 18 heavy (non-hydrogen) atoms. The van der Waals surface area contributed by atoms with Gasteiger partial charge in [0.2, 0.25) is 0 Å². The molecule has 2 rings (SSSR count). The van der Waals surface area contributed by atoms with Crippen LogP contribution in [0.25, 0.3) is 0 Å². The van der Waals surface area contributed by atoms with Crippen LogP contribution in [-0.2, 0) is 0 Å². The van der Waals surface area contributed by atoms with Gasteiger partial charge in [-0.1, -0.05) is 6.42 Å². The topological polar surface area (TPSA) is 88.0 Å². The number of rotatable bonds is 3. The normalized spacial score (nSPS) is 23.0. The van der Waals surface area contributed by atoms with Crippen LogP contribution in [0.15, 0.2) is 16.9 Å². The summed E-state index contributed by atoms with van der Waals surface area (Å²) in [7, 11) is 0. The number of amides is 1. The van der Waals surface area contributed by atoms with E-state index in [9.17, 15) is 9.59 Å². The second-order valence-corrected chi connectivity index (χ2v) is 4.89. The maximum absolute atomic E-state index is 12.0. The summed E-state index contributed by atoms with van der Waals surface area (Å²) in [6, 6.07) is 3.39. The molecule has 1 amide bonds.